The molecule has 23 heavy (non-hydrogen) atoms. The summed E-state index contributed by atoms with van der Waals surface area (Å²) >= 11 is 0. The Kier molecular flexibility index (Phi) is 6.55. The first kappa shape index (κ1) is 18.4. The van der Waals surface area contributed by atoms with Gasteiger partial charge in [-0.25, -0.2) is 0 Å². The van der Waals surface area contributed by atoms with Gasteiger partial charge in [-0.1, -0.05) is 57.9 Å². The summed E-state index contributed by atoms with van der Waals surface area (Å²) in [5.41, 5.74) is 0.0907. The predicted molar refractivity (Wildman–Crippen MR) is 93.5 cm³/mol. The topological polar surface area (TPSA) is 57.5 Å². The van der Waals surface area contributed by atoms with Crippen LogP contribution in [0, 0.1) is 10.8 Å². The van der Waals surface area contributed by atoms with E-state index in [1.165, 1.54) is 64.2 Å². The van der Waals surface area contributed by atoms with E-state index in [-0.39, 0.29) is 5.41 Å². The molecule has 0 aromatic carbocycles. The minimum Gasteiger partial charge on any atom is -0.513 e. The van der Waals surface area contributed by atoms with Crippen LogP contribution >= 0.6 is 0 Å². The van der Waals surface area contributed by atoms with Crippen LogP contribution < -0.4 is 0 Å². The summed E-state index contributed by atoms with van der Waals surface area (Å²) in [6, 6.07) is 0. The maximum atomic E-state index is 11.1. The number of aliphatic carboxylic acids is 1. The molecule has 0 bridgehead atoms. The second kappa shape index (κ2) is 8.21. The number of carboxylic acid groups (broad SMARTS) is 1. The minimum absolute atomic E-state index is 0.321. The number of aliphatic hydroxyl groups excluding tert-OH is 1. The number of allylic oxidation sites excluding steroid dienone is 1. The summed E-state index contributed by atoms with van der Waals surface area (Å²) in [4.78, 5) is 11.1. The summed E-state index contributed by atoms with van der Waals surface area (Å²) in [5.74, 6) is -0.214. The number of rotatable bonds is 14. The van der Waals surface area contributed by atoms with E-state index < -0.39 is 5.97 Å². The van der Waals surface area contributed by atoms with Crippen molar-refractivity contribution in [3.05, 3.63) is 12.3 Å². The van der Waals surface area contributed by atoms with Crippen LogP contribution in [-0.2, 0) is 4.79 Å². The third kappa shape index (κ3) is 6.19. The summed E-state index contributed by atoms with van der Waals surface area (Å²) in [7, 11) is 0. The van der Waals surface area contributed by atoms with Crippen LogP contribution in [-0.4, -0.2) is 16.2 Å². The van der Waals surface area contributed by atoms with Gasteiger partial charge in [-0.15, -0.1) is 0 Å². The van der Waals surface area contributed by atoms with Crippen molar-refractivity contribution >= 4 is 5.97 Å². The number of unbranched alkanes of at least 4 members (excludes halogenated alkanes) is 7. The largest absolute Gasteiger partial charge is 0.513 e. The fourth-order valence-electron chi connectivity index (χ4n) is 3.87. The van der Waals surface area contributed by atoms with Gasteiger partial charge in [-0.3, -0.25) is 4.79 Å². The Morgan fingerprint density at radius 3 is 1.65 bits per heavy atom. The Balaban J connectivity index is 1.36. The van der Waals surface area contributed by atoms with Gasteiger partial charge in [-0.2, -0.15) is 0 Å². The summed E-state index contributed by atoms with van der Waals surface area (Å²) < 4.78 is 0. The SMILES string of the molecule is C=C(O)CC1(CCCCCCCCCCC2(C(=O)O)CC2)CC1. The van der Waals surface area contributed by atoms with E-state index in [1.807, 2.05) is 0 Å². The first-order valence-corrected chi connectivity index (χ1v) is 9.58. The standard InChI is InChI=1S/C20H34O3/c1-17(21)16-19(12-13-19)10-8-6-4-2-3-5-7-9-11-20(14-15-20)18(22)23/h21H,1-16H2,(H,22,23). The van der Waals surface area contributed by atoms with E-state index in [4.69, 9.17) is 5.11 Å². The third-order valence-corrected chi connectivity index (χ3v) is 5.96. The van der Waals surface area contributed by atoms with E-state index >= 15 is 0 Å². The lowest BCUT2D eigenvalue weighted by Gasteiger charge is -2.13. The molecule has 3 nitrogen and oxygen atoms in total. The van der Waals surface area contributed by atoms with Crippen LogP contribution in [0.15, 0.2) is 12.3 Å². The van der Waals surface area contributed by atoms with Crippen molar-refractivity contribution in [3.63, 3.8) is 0 Å². The number of carboxylic acids is 1. The zero-order valence-corrected chi connectivity index (χ0v) is 14.6. The van der Waals surface area contributed by atoms with Gasteiger partial charge in [0.2, 0.25) is 0 Å². The molecule has 0 atom stereocenters. The van der Waals surface area contributed by atoms with Crippen LogP contribution in [0.1, 0.15) is 96.3 Å². The highest BCUT2D eigenvalue weighted by Gasteiger charge is 2.49. The summed E-state index contributed by atoms with van der Waals surface area (Å²) in [6.07, 6.45) is 17.3. The fraction of sp³-hybridized carbons (Fsp3) is 0.850. The van der Waals surface area contributed by atoms with Crippen molar-refractivity contribution < 1.29 is 15.0 Å². The van der Waals surface area contributed by atoms with E-state index in [1.54, 1.807) is 0 Å². The van der Waals surface area contributed by atoms with Crippen molar-refractivity contribution in [2.45, 2.75) is 96.3 Å². The predicted octanol–water partition coefficient (Wildman–Crippen LogP) is 5.99. The lowest BCUT2D eigenvalue weighted by atomic mass is 9.93. The van der Waals surface area contributed by atoms with Gasteiger partial charge in [0.05, 0.1) is 11.2 Å². The van der Waals surface area contributed by atoms with Gasteiger partial charge in [0.15, 0.2) is 0 Å². The zero-order valence-electron chi connectivity index (χ0n) is 14.6. The van der Waals surface area contributed by atoms with Crippen molar-refractivity contribution in [2.24, 2.45) is 10.8 Å². The van der Waals surface area contributed by atoms with E-state index in [0.29, 0.717) is 11.2 Å². The van der Waals surface area contributed by atoms with Crippen LogP contribution in [0.2, 0.25) is 0 Å². The molecule has 0 aromatic heterocycles. The summed E-state index contributed by atoms with van der Waals surface area (Å²) in [5, 5.41) is 18.4. The molecule has 132 valence electrons. The normalized spacial score (nSPS) is 20.2. The highest BCUT2D eigenvalue weighted by atomic mass is 16.4. The lowest BCUT2D eigenvalue weighted by molar-refractivity contribution is -0.143. The second-order valence-corrected chi connectivity index (χ2v) is 8.16. The smallest absolute Gasteiger partial charge is 0.309 e. The van der Waals surface area contributed by atoms with Gasteiger partial charge >= 0.3 is 5.97 Å². The Hall–Kier alpha value is -0.990. The molecule has 2 rings (SSSR count). The van der Waals surface area contributed by atoms with E-state index in [9.17, 15) is 9.90 Å². The Morgan fingerprint density at radius 1 is 0.783 bits per heavy atom. The average Bonchev–Trinajstić information content (AvgIpc) is 3.38. The van der Waals surface area contributed by atoms with Gasteiger partial charge < -0.3 is 10.2 Å². The van der Waals surface area contributed by atoms with E-state index in [2.05, 4.69) is 6.58 Å². The number of hydrogen-bond donors (Lipinski definition) is 2. The van der Waals surface area contributed by atoms with Crippen molar-refractivity contribution in [1.82, 2.24) is 0 Å². The zero-order chi connectivity index (χ0) is 16.8. The fourth-order valence-corrected chi connectivity index (χ4v) is 3.87. The quantitative estimate of drug-likeness (QED) is 0.305. The van der Waals surface area contributed by atoms with Crippen molar-refractivity contribution in [2.75, 3.05) is 0 Å². The third-order valence-electron chi connectivity index (χ3n) is 5.96. The monoisotopic (exact) mass is 322 g/mol. The Labute approximate surface area is 141 Å². The van der Waals surface area contributed by atoms with Crippen LogP contribution in [0.5, 0.6) is 0 Å². The number of hydrogen-bond acceptors (Lipinski definition) is 2. The van der Waals surface area contributed by atoms with Crippen LogP contribution in [0.4, 0.5) is 0 Å². The molecular formula is C20H34O3. The molecule has 0 spiro atoms. The molecule has 2 aliphatic carbocycles. The van der Waals surface area contributed by atoms with Gasteiger partial charge in [0.25, 0.3) is 0 Å². The van der Waals surface area contributed by atoms with Gasteiger partial charge in [0, 0.05) is 6.42 Å². The van der Waals surface area contributed by atoms with Crippen LogP contribution in [0.3, 0.4) is 0 Å². The number of carbonyl (C=O) groups is 1. The molecule has 0 unspecified atom stereocenters. The second-order valence-electron chi connectivity index (χ2n) is 8.16. The molecule has 0 saturated heterocycles. The van der Waals surface area contributed by atoms with Crippen molar-refractivity contribution in [1.29, 1.82) is 0 Å². The molecule has 2 aliphatic rings. The van der Waals surface area contributed by atoms with Crippen LogP contribution in [0.25, 0.3) is 0 Å². The molecule has 3 heteroatoms. The highest BCUT2D eigenvalue weighted by molar-refractivity contribution is 5.77. The molecule has 0 amide bonds. The first-order valence-electron chi connectivity index (χ1n) is 9.58. The first-order chi connectivity index (χ1) is 11.0. The molecule has 2 saturated carbocycles. The number of aliphatic hydroxyl groups is 1. The maximum absolute atomic E-state index is 11.1. The molecule has 2 fully saturated rings. The Morgan fingerprint density at radius 2 is 1.26 bits per heavy atom. The van der Waals surface area contributed by atoms with Gasteiger partial charge in [-0.05, 0) is 43.9 Å². The molecule has 0 radical (unpaired) electrons. The van der Waals surface area contributed by atoms with E-state index in [0.717, 1.165) is 32.1 Å². The Bertz CT molecular complexity index is 405. The highest BCUT2D eigenvalue weighted by Crippen LogP contribution is 2.54. The van der Waals surface area contributed by atoms with Gasteiger partial charge in [0.1, 0.15) is 0 Å². The average molecular weight is 322 g/mol. The maximum Gasteiger partial charge on any atom is 0.309 e. The minimum atomic E-state index is -0.573. The van der Waals surface area contributed by atoms with Crippen molar-refractivity contribution in [3.8, 4) is 0 Å². The molecule has 0 heterocycles. The molecule has 0 aliphatic heterocycles. The molecule has 2 N–H and O–H groups in total. The molecular weight excluding hydrogens is 288 g/mol. The summed E-state index contributed by atoms with van der Waals surface area (Å²) in [6.45, 7) is 3.63. The molecule has 0 aromatic rings. The lowest BCUT2D eigenvalue weighted by Crippen LogP contribution is -2.14.